The highest BCUT2D eigenvalue weighted by atomic mass is 16.5. The number of hydrogen-bond donors (Lipinski definition) is 0. The van der Waals surface area contributed by atoms with Crippen LogP contribution in [0.15, 0.2) is 42.5 Å². The predicted molar refractivity (Wildman–Crippen MR) is 124 cm³/mol. The number of nitrogens with zero attached hydrogens (tertiary/aromatic N) is 2. The summed E-state index contributed by atoms with van der Waals surface area (Å²) < 4.78 is 16.3. The topological polar surface area (TPSA) is 68.3 Å². The molecule has 2 aromatic carbocycles. The van der Waals surface area contributed by atoms with Gasteiger partial charge in [-0.25, -0.2) is 4.79 Å². The Labute approximate surface area is 189 Å². The molecule has 1 aliphatic heterocycles. The van der Waals surface area contributed by atoms with Gasteiger partial charge >= 0.3 is 5.97 Å². The first-order valence-electron chi connectivity index (χ1n) is 11.1. The fourth-order valence-electron chi connectivity index (χ4n) is 3.96. The molecule has 0 saturated carbocycles. The molecule has 7 nitrogen and oxygen atoms in total. The summed E-state index contributed by atoms with van der Waals surface area (Å²) in [6.45, 7) is 6.70. The van der Waals surface area contributed by atoms with Crippen molar-refractivity contribution in [3.8, 4) is 11.5 Å². The van der Waals surface area contributed by atoms with Crippen LogP contribution in [0.1, 0.15) is 40.5 Å². The third-order valence-corrected chi connectivity index (χ3v) is 5.71. The zero-order chi connectivity index (χ0) is 22.9. The lowest BCUT2D eigenvalue weighted by atomic mass is 10.0. The summed E-state index contributed by atoms with van der Waals surface area (Å²) in [7, 11) is 3.16. The summed E-state index contributed by atoms with van der Waals surface area (Å²) in [4.78, 5) is 29.4. The number of Topliss-reactive ketones (excluding diaryl/α,β-unsaturated/α-hetero) is 1. The highest BCUT2D eigenvalue weighted by molar-refractivity contribution is 6.03. The number of esters is 1. The number of para-hydroxylation sites is 3. The van der Waals surface area contributed by atoms with E-state index in [-0.39, 0.29) is 17.1 Å². The lowest BCUT2D eigenvalue weighted by molar-refractivity contribution is 0.0483. The van der Waals surface area contributed by atoms with E-state index in [4.69, 9.17) is 14.2 Å². The van der Waals surface area contributed by atoms with Crippen LogP contribution in [0.5, 0.6) is 11.5 Å². The molecule has 3 rings (SSSR count). The van der Waals surface area contributed by atoms with Crippen molar-refractivity contribution < 1.29 is 23.8 Å². The van der Waals surface area contributed by atoms with Crippen molar-refractivity contribution in [3.63, 3.8) is 0 Å². The summed E-state index contributed by atoms with van der Waals surface area (Å²) in [6, 6.07) is 13.1. The van der Waals surface area contributed by atoms with Gasteiger partial charge in [-0.05, 0) is 30.7 Å². The van der Waals surface area contributed by atoms with Crippen LogP contribution in [-0.4, -0.2) is 70.2 Å². The van der Waals surface area contributed by atoms with Crippen LogP contribution in [0.2, 0.25) is 0 Å². The maximum atomic E-state index is 12.6. The maximum Gasteiger partial charge on any atom is 0.341 e. The second-order valence-electron chi connectivity index (χ2n) is 7.65. The molecular formula is C25H32N2O5. The predicted octanol–water partition coefficient (Wildman–Crippen LogP) is 3.67. The Morgan fingerprint density at radius 3 is 2.31 bits per heavy atom. The van der Waals surface area contributed by atoms with E-state index >= 15 is 0 Å². The van der Waals surface area contributed by atoms with E-state index in [0.717, 1.165) is 50.6 Å². The lowest BCUT2D eigenvalue weighted by Crippen LogP contribution is -2.46. The number of benzene rings is 2. The minimum atomic E-state index is -0.464. The molecular weight excluding hydrogens is 408 g/mol. The molecule has 1 aliphatic rings. The molecule has 0 bridgehead atoms. The zero-order valence-corrected chi connectivity index (χ0v) is 19.1. The van der Waals surface area contributed by atoms with Gasteiger partial charge in [0.2, 0.25) is 0 Å². The smallest absolute Gasteiger partial charge is 0.341 e. The first kappa shape index (κ1) is 23.6. The Bertz CT molecular complexity index is 922. The van der Waals surface area contributed by atoms with Crippen molar-refractivity contribution in [3.05, 3.63) is 53.6 Å². The van der Waals surface area contributed by atoms with Gasteiger partial charge < -0.3 is 19.1 Å². The van der Waals surface area contributed by atoms with Crippen LogP contribution in [0.25, 0.3) is 0 Å². The van der Waals surface area contributed by atoms with E-state index in [0.29, 0.717) is 18.6 Å². The zero-order valence-electron chi connectivity index (χ0n) is 19.1. The number of piperazine rings is 1. The second-order valence-corrected chi connectivity index (χ2v) is 7.65. The minimum absolute atomic E-state index is 0.0660. The summed E-state index contributed by atoms with van der Waals surface area (Å²) in [5.41, 5.74) is 1.83. The van der Waals surface area contributed by atoms with Gasteiger partial charge in [0.25, 0.3) is 0 Å². The fourth-order valence-corrected chi connectivity index (χ4v) is 3.96. The normalized spacial score (nSPS) is 14.2. The Hall–Kier alpha value is -3.06. The number of methoxy groups -OCH3 is 2. The van der Waals surface area contributed by atoms with Crippen molar-refractivity contribution >= 4 is 17.4 Å². The molecule has 0 unspecified atom stereocenters. The van der Waals surface area contributed by atoms with Crippen LogP contribution in [0, 0.1) is 0 Å². The number of hydrogen-bond acceptors (Lipinski definition) is 7. The van der Waals surface area contributed by atoms with E-state index in [1.807, 2.05) is 18.2 Å². The van der Waals surface area contributed by atoms with Gasteiger partial charge in [-0.15, -0.1) is 0 Å². The summed E-state index contributed by atoms with van der Waals surface area (Å²) in [6.07, 6.45) is 1.09. The molecule has 0 radical (unpaired) electrons. The molecule has 0 spiro atoms. The van der Waals surface area contributed by atoms with Crippen LogP contribution < -0.4 is 14.4 Å². The summed E-state index contributed by atoms with van der Waals surface area (Å²) >= 11 is 0. The third-order valence-electron chi connectivity index (χ3n) is 5.71. The molecule has 1 heterocycles. The van der Waals surface area contributed by atoms with E-state index in [2.05, 4.69) is 15.9 Å². The largest absolute Gasteiger partial charge is 0.495 e. The lowest BCUT2D eigenvalue weighted by Gasteiger charge is -2.36. The number of ether oxygens (including phenoxy) is 3. The number of ketones is 1. The molecule has 0 N–H and O–H groups in total. The van der Waals surface area contributed by atoms with E-state index in [9.17, 15) is 9.59 Å². The fraction of sp³-hybridized carbons (Fsp3) is 0.440. The Balaban J connectivity index is 1.45. The standard InChI is InChI=1S/C25H32N2O5/c1-4-22(28)19-9-7-10-20(24(19)31-3)25(29)32-18-8-13-26-14-16-27(17-15-26)21-11-5-6-12-23(21)30-2/h5-7,9-12H,4,8,13-18H2,1-3H3. The van der Waals surface area contributed by atoms with Crippen LogP contribution >= 0.6 is 0 Å². The maximum absolute atomic E-state index is 12.6. The highest BCUT2D eigenvalue weighted by Gasteiger charge is 2.21. The molecule has 0 amide bonds. The van der Waals surface area contributed by atoms with Gasteiger partial charge in [0, 0.05) is 39.1 Å². The van der Waals surface area contributed by atoms with E-state index in [1.165, 1.54) is 7.11 Å². The van der Waals surface area contributed by atoms with E-state index in [1.54, 1.807) is 32.2 Å². The van der Waals surface area contributed by atoms with Crippen molar-refractivity contribution in [1.29, 1.82) is 0 Å². The van der Waals surface area contributed by atoms with Gasteiger partial charge in [0.1, 0.15) is 17.1 Å². The number of anilines is 1. The van der Waals surface area contributed by atoms with Gasteiger partial charge in [-0.1, -0.05) is 25.1 Å². The number of carbonyl (C=O) groups is 2. The Morgan fingerprint density at radius 1 is 0.906 bits per heavy atom. The molecule has 172 valence electrons. The van der Waals surface area contributed by atoms with E-state index < -0.39 is 5.97 Å². The SMILES string of the molecule is CCC(=O)c1cccc(C(=O)OCCCN2CCN(c3ccccc3OC)CC2)c1OC. The Morgan fingerprint density at radius 2 is 1.62 bits per heavy atom. The summed E-state index contributed by atoms with van der Waals surface area (Å²) in [5, 5.41) is 0. The quantitative estimate of drug-likeness (QED) is 0.317. The van der Waals surface area contributed by atoms with Crippen LogP contribution in [-0.2, 0) is 4.74 Å². The van der Waals surface area contributed by atoms with Gasteiger partial charge in [0.05, 0.1) is 32.1 Å². The molecule has 1 saturated heterocycles. The Kier molecular flexibility index (Phi) is 8.50. The van der Waals surface area contributed by atoms with Crippen molar-refractivity contribution in [1.82, 2.24) is 4.90 Å². The average molecular weight is 441 g/mol. The number of carbonyl (C=O) groups excluding carboxylic acids is 2. The molecule has 7 heteroatoms. The molecule has 1 fully saturated rings. The van der Waals surface area contributed by atoms with Crippen LogP contribution in [0.4, 0.5) is 5.69 Å². The van der Waals surface area contributed by atoms with Crippen molar-refractivity contribution in [2.24, 2.45) is 0 Å². The van der Waals surface area contributed by atoms with Crippen LogP contribution in [0.3, 0.4) is 0 Å². The first-order valence-corrected chi connectivity index (χ1v) is 11.1. The third kappa shape index (κ3) is 5.59. The summed E-state index contributed by atoms with van der Waals surface area (Å²) in [5.74, 6) is 0.655. The van der Waals surface area contributed by atoms with Crippen molar-refractivity contribution in [2.75, 3.05) is 58.5 Å². The molecule has 32 heavy (non-hydrogen) atoms. The minimum Gasteiger partial charge on any atom is -0.495 e. The molecule has 0 aliphatic carbocycles. The van der Waals surface area contributed by atoms with Gasteiger partial charge in [-0.2, -0.15) is 0 Å². The highest BCUT2D eigenvalue weighted by Crippen LogP contribution is 2.28. The molecule has 2 aromatic rings. The average Bonchev–Trinajstić information content (AvgIpc) is 2.85. The molecule has 0 aromatic heterocycles. The van der Waals surface area contributed by atoms with Crippen molar-refractivity contribution in [2.45, 2.75) is 19.8 Å². The van der Waals surface area contributed by atoms with Gasteiger partial charge in [-0.3, -0.25) is 9.69 Å². The monoisotopic (exact) mass is 440 g/mol. The number of rotatable bonds is 10. The second kappa shape index (κ2) is 11.5. The first-order chi connectivity index (χ1) is 15.6. The van der Waals surface area contributed by atoms with Gasteiger partial charge in [0.15, 0.2) is 5.78 Å². The molecule has 0 atom stereocenters.